The number of hydrogen-bond donors (Lipinski definition) is 2. The molecule has 2 aromatic carbocycles. The van der Waals surface area contributed by atoms with Crippen LogP contribution in [0.5, 0.6) is 0 Å². The summed E-state index contributed by atoms with van der Waals surface area (Å²) in [7, 11) is 0. The molecule has 0 radical (unpaired) electrons. The lowest BCUT2D eigenvalue weighted by atomic mass is 9.85. The number of fused-ring (bicyclic) bond motifs is 1. The molecule has 1 aliphatic carbocycles. The Hall–Kier alpha value is -4.01. The van der Waals surface area contributed by atoms with Crippen molar-refractivity contribution in [3.63, 3.8) is 0 Å². The van der Waals surface area contributed by atoms with Crippen LogP contribution >= 0.6 is 0 Å². The highest BCUT2D eigenvalue weighted by atomic mass is 16.4. The zero-order valence-electron chi connectivity index (χ0n) is 20.9. The minimum absolute atomic E-state index is 0.0111. The van der Waals surface area contributed by atoms with E-state index >= 15 is 0 Å². The summed E-state index contributed by atoms with van der Waals surface area (Å²) in [4.78, 5) is 27.1. The van der Waals surface area contributed by atoms with Gasteiger partial charge < -0.3 is 14.4 Å². The minimum atomic E-state index is -0.853. The van der Waals surface area contributed by atoms with Crippen molar-refractivity contribution >= 4 is 22.8 Å². The van der Waals surface area contributed by atoms with Crippen LogP contribution in [0.15, 0.2) is 52.9 Å². The second-order valence-electron chi connectivity index (χ2n) is 9.92. The van der Waals surface area contributed by atoms with Crippen LogP contribution in [0, 0.1) is 5.41 Å². The molecule has 1 amide bonds. The first kappa shape index (κ1) is 24.7. The van der Waals surface area contributed by atoms with Crippen molar-refractivity contribution in [2.45, 2.75) is 58.4 Å². The van der Waals surface area contributed by atoms with E-state index in [0.717, 1.165) is 53.3 Å². The van der Waals surface area contributed by atoms with E-state index < -0.39 is 11.4 Å². The van der Waals surface area contributed by atoms with E-state index in [1.807, 2.05) is 48.5 Å². The molecule has 37 heavy (non-hydrogen) atoms. The zero-order valence-corrected chi connectivity index (χ0v) is 20.9. The Bertz CT molecular complexity index is 1390. The van der Waals surface area contributed by atoms with Crippen LogP contribution in [0.3, 0.4) is 0 Å². The number of nitrogens with zero attached hydrogens (tertiary/aromatic N) is 4. The molecular formula is C28H31N5O4. The Morgan fingerprint density at radius 3 is 2.59 bits per heavy atom. The highest BCUT2D eigenvalue weighted by Gasteiger charge is 2.43. The first-order chi connectivity index (χ1) is 18.0. The Morgan fingerprint density at radius 1 is 1.11 bits per heavy atom. The second kappa shape index (κ2) is 10.5. The maximum Gasteiger partial charge on any atom is 0.311 e. The number of unbranched alkanes of at least 4 members (excludes halogenated alkanes) is 1. The molecule has 0 unspecified atom stereocenters. The monoisotopic (exact) mass is 501 g/mol. The lowest BCUT2D eigenvalue weighted by molar-refractivity contribution is -0.151. The summed E-state index contributed by atoms with van der Waals surface area (Å²) in [6, 6.07) is 15.6. The van der Waals surface area contributed by atoms with Crippen molar-refractivity contribution < 1.29 is 19.1 Å². The van der Waals surface area contributed by atoms with Crippen molar-refractivity contribution in [3.8, 4) is 22.7 Å². The molecule has 0 saturated heterocycles. The van der Waals surface area contributed by atoms with E-state index in [1.54, 1.807) is 4.90 Å². The van der Waals surface area contributed by atoms with Crippen LogP contribution in [-0.4, -0.2) is 49.1 Å². The number of carboxylic acids is 1. The lowest BCUT2D eigenvalue weighted by Crippen LogP contribution is -2.43. The molecule has 4 aromatic rings. The molecule has 5 rings (SSSR count). The number of carboxylic acid groups (broad SMARTS) is 1. The van der Waals surface area contributed by atoms with Crippen LogP contribution in [0.1, 0.15) is 57.4 Å². The SMILES string of the molecule is CCCCC(=O)N(Cc1ccc2oc(-c3ccccc3-c3nnn[nH]3)cc2c1)CC1(C(=O)O)CCCC1. The van der Waals surface area contributed by atoms with Gasteiger partial charge >= 0.3 is 5.97 Å². The number of carbonyl (C=O) groups excluding carboxylic acids is 1. The van der Waals surface area contributed by atoms with Gasteiger partial charge in [-0.2, -0.15) is 0 Å². The van der Waals surface area contributed by atoms with Crippen LogP contribution in [0.2, 0.25) is 0 Å². The summed E-state index contributed by atoms with van der Waals surface area (Å²) in [5, 5.41) is 25.1. The molecule has 1 saturated carbocycles. The number of tetrazole rings is 1. The smallest absolute Gasteiger partial charge is 0.311 e. The van der Waals surface area contributed by atoms with Gasteiger partial charge in [0.05, 0.1) is 5.41 Å². The average molecular weight is 502 g/mol. The number of H-pyrrole nitrogens is 1. The van der Waals surface area contributed by atoms with Crippen molar-refractivity contribution in [2.75, 3.05) is 6.54 Å². The van der Waals surface area contributed by atoms with Crippen LogP contribution < -0.4 is 0 Å². The number of aromatic amines is 1. The van der Waals surface area contributed by atoms with Crippen molar-refractivity contribution in [1.82, 2.24) is 25.5 Å². The normalized spacial score (nSPS) is 14.7. The first-order valence-electron chi connectivity index (χ1n) is 12.9. The molecule has 9 heteroatoms. The van der Waals surface area contributed by atoms with Gasteiger partial charge in [-0.25, -0.2) is 5.10 Å². The summed E-state index contributed by atoms with van der Waals surface area (Å²) < 4.78 is 6.17. The molecule has 2 heterocycles. The number of rotatable bonds is 10. The molecule has 9 nitrogen and oxygen atoms in total. The average Bonchev–Trinajstić information content (AvgIpc) is 3.68. The number of benzene rings is 2. The van der Waals surface area contributed by atoms with Gasteiger partial charge in [0.1, 0.15) is 11.3 Å². The summed E-state index contributed by atoms with van der Waals surface area (Å²) in [5.41, 5.74) is 2.50. The number of amides is 1. The zero-order chi connectivity index (χ0) is 25.8. The fourth-order valence-corrected chi connectivity index (χ4v) is 5.30. The maximum atomic E-state index is 13.2. The number of aromatic nitrogens is 4. The fourth-order valence-electron chi connectivity index (χ4n) is 5.30. The molecule has 2 N–H and O–H groups in total. The van der Waals surface area contributed by atoms with E-state index in [4.69, 9.17) is 4.42 Å². The van der Waals surface area contributed by atoms with Gasteiger partial charge in [0.25, 0.3) is 0 Å². The number of furan rings is 1. The van der Waals surface area contributed by atoms with Gasteiger partial charge in [0.2, 0.25) is 5.91 Å². The van der Waals surface area contributed by atoms with E-state index in [9.17, 15) is 14.7 Å². The summed E-state index contributed by atoms with van der Waals surface area (Å²) in [6.45, 7) is 2.67. The Morgan fingerprint density at radius 2 is 1.89 bits per heavy atom. The summed E-state index contributed by atoms with van der Waals surface area (Å²) in [6.07, 6.45) is 5.14. The van der Waals surface area contributed by atoms with E-state index in [1.165, 1.54) is 0 Å². The van der Waals surface area contributed by atoms with Gasteiger partial charge in [-0.1, -0.05) is 56.5 Å². The minimum Gasteiger partial charge on any atom is -0.481 e. The largest absolute Gasteiger partial charge is 0.481 e. The van der Waals surface area contributed by atoms with Gasteiger partial charge in [-0.05, 0) is 53.5 Å². The number of carbonyl (C=O) groups is 2. The van der Waals surface area contributed by atoms with Gasteiger partial charge in [0, 0.05) is 36.0 Å². The third-order valence-electron chi connectivity index (χ3n) is 7.35. The Kier molecular flexibility index (Phi) is 7.03. The molecule has 0 atom stereocenters. The van der Waals surface area contributed by atoms with E-state index in [2.05, 4.69) is 27.5 Å². The molecule has 1 aliphatic rings. The third-order valence-corrected chi connectivity index (χ3v) is 7.35. The predicted octanol–water partition coefficient (Wildman–Crippen LogP) is 5.44. The number of aliphatic carboxylic acids is 1. The number of nitrogens with one attached hydrogen (secondary N) is 1. The van der Waals surface area contributed by atoms with Gasteiger partial charge in [0.15, 0.2) is 5.82 Å². The van der Waals surface area contributed by atoms with Crippen LogP contribution in [0.25, 0.3) is 33.7 Å². The molecule has 2 aromatic heterocycles. The quantitative estimate of drug-likeness (QED) is 0.296. The fraction of sp³-hybridized carbons (Fsp3) is 0.393. The van der Waals surface area contributed by atoms with Gasteiger partial charge in [-0.3, -0.25) is 9.59 Å². The molecule has 0 bridgehead atoms. The van der Waals surface area contributed by atoms with Crippen molar-refractivity contribution in [1.29, 1.82) is 0 Å². The molecule has 192 valence electrons. The highest BCUT2D eigenvalue weighted by Crippen LogP contribution is 2.40. The van der Waals surface area contributed by atoms with Crippen molar-refractivity contribution in [3.05, 3.63) is 54.1 Å². The van der Waals surface area contributed by atoms with Gasteiger partial charge in [-0.15, -0.1) is 5.10 Å². The van der Waals surface area contributed by atoms with Crippen molar-refractivity contribution in [2.24, 2.45) is 5.41 Å². The third kappa shape index (κ3) is 5.12. The van der Waals surface area contributed by atoms with Crippen LogP contribution in [-0.2, 0) is 16.1 Å². The summed E-state index contributed by atoms with van der Waals surface area (Å²) in [5.74, 6) is 0.453. The lowest BCUT2D eigenvalue weighted by Gasteiger charge is -2.32. The van der Waals surface area contributed by atoms with E-state index in [-0.39, 0.29) is 12.5 Å². The molecule has 1 fully saturated rings. The standard InChI is InChI=1S/C28H31N5O4/c1-2-3-10-25(34)33(18-28(27(35)36)13-6-7-14-28)17-19-11-12-23-20(15-19)16-24(37-23)21-8-4-5-9-22(21)26-29-31-32-30-26/h4-5,8-9,11-12,15-16H,2-3,6-7,10,13-14,17-18H2,1H3,(H,35,36)(H,29,30,31,32). The Labute approximate surface area is 214 Å². The Balaban J connectivity index is 1.43. The summed E-state index contributed by atoms with van der Waals surface area (Å²) >= 11 is 0. The second-order valence-corrected chi connectivity index (χ2v) is 9.92. The predicted molar refractivity (Wildman–Crippen MR) is 138 cm³/mol. The maximum absolute atomic E-state index is 13.2. The van der Waals surface area contributed by atoms with E-state index in [0.29, 0.717) is 37.4 Å². The number of hydrogen-bond acceptors (Lipinski definition) is 6. The highest BCUT2D eigenvalue weighted by molar-refractivity contribution is 5.87. The first-order valence-corrected chi connectivity index (χ1v) is 12.9. The molecule has 0 spiro atoms. The molecule has 0 aliphatic heterocycles. The topological polar surface area (TPSA) is 125 Å². The molecular weight excluding hydrogens is 470 g/mol. The van der Waals surface area contributed by atoms with Crippen LogP contribution in [0.4, 0.5) is 0 Å².